The molecule has 0 saturated carbocycles. The Hall–Kier alpha value is -0.570. The number of likely N-dealkylation sites (tertiary alicyclic amines) is 1. The van der Waals surface area contributed by atoms with E-state index >= 15 is 0 Å². The number of aliphatic hydroxyl groups is 1. The number of amides is 1. The molecule has 0 spiro atoms. The van der Waals surface area contributed by atoms with E-state index in [2.05, 4.69) is 27.7 Å². The van der Waals surface area contributed by atoms with Crippen molar-refractivity contribution >= 4 is 5.91 Å². The van der Waals surface area contributed by atoms with Crippen LogP contribution in [0.1, 0.15) is 34.1 Å². The maximum atomic E-state index is 11.8. The monoisotopic (exact) mass is 213 g/mol. The van der Waals surface area contributed by atoms with Gasteiger partial charge in [0.1, 0.15) is 0 Å². The van der Waals surface area contributed by atoms with Crippen LogP contribution < -0.4 is 0 Å². The molecule has 1 heterocycles. The van der Waals surface area contributed by atoms with Crippen LogP contribution in [0.5, 0.6) is 0 Å². The average molecular weight is 213 g/mol. The molecule has 1 unspecified atom stereocenters. The Morgan fingerprint density at radius 3 is 2.40 bits per heavy atom. The SMILES string of the molecule is CC(CC(=O)N1CC(CO)C1)C(C)(C)C. The zero-order chi connectivity index (χ0) is 11.6. The van der Waals surface area contributed by atoms with Crippen molar-refractivity contribution < 1.29 is 9.90 Å². The van der Waals surface area contributed by atoms with E-state index in [1.807, 2.05) is 4.90 Å². The fourth-order valence-corrected chi connectivity index (χ4v) is 1.59. The molecule has 1 rings (SSSR count). The number of aliphatic hydroxyl groups excluding tert-OH is 1. The van der Waals surface area contributed by atoms with Gasteiger partial charge in [-0.05, 0) is 11.3 Å². The second-order valence-corrected chi connectivity index (χ2v) is 5.82. The first-order valence-electron chi connectivity index (χ1n) is 5.73. The van der Waals surface area contributed by atoms with Crippen molar-refractivity contribution in [3.63, 3.8) is 0 Å². The van der Waals surface area contributed by atoms with Crippen LogP contribution in [0.4, 0.5) is 0 Å². The molecule has 0 bridgehead atoms. The molecule has 1 aliphatic rings. The first-order valence-corrected chi connectivity index (χ1v) is 5.73. The summed E-state index contributed by atoms with van der Waals surface area (Å²) in [6.45, 7) is 10.3. The Labute approximate surface area is 92.5 Å². The Morgan fingerprint density at radius 1 is 1.47 bits per heavy atom. The van der Waals surface area contributed by atoms with Crippen LogP contribution in [0.15, 0.2) is 0 Å². The highest BCUT2D eigenvalue weighted by Gasteiger charge is 2.32. The second kappa shape index (κ2) is 4.52. The van der Waals surface area contributed by atoms with Crippen LogP contribution in [0.2, 0.25) is 0 Å². The molecule has 1 fully saturated rings. The molecule has 0 aromatic carbocycles. The second-order valence-electron chi connectivity index (χ2n) is 5.82. The summed E-state index contributed by atoms with van der Waals surface area (Å²) in [6.07, 6.45) is 0.627. The Kier molecular flexibility index (Phi) is 3.77. The van der Waals surface area contributed by atoms with Crippen molar-refractivity contribution in [1.82, 2.24) is 4.90 Å². The molecule has 1 amide bonds. The van der Waals surface area contributed by atoms with Gasteiger partial charge in [-0.15, -0.1) is 0 Å². The van der Waals surface area contributed by atoms with Gasteiger partial charge in [0.2, 0.25) is 5.91 Å². The van der Waals surface area contributed by atoms with Crippen molar-refractivity contribution in [1.29, 1.82) is 0 Å². The molecule has 0 radical (unpaired) electrons. The number of rotatable bonds is 3. The maximum Gasteiger partial charge on any atom is 0.222 e. The summed E-state index contributed by atoms with van der Waals surface area (Å²) in [5.74, 6) is 0.958. The van der Waals surface area contributed by atoms with Crippen LogP contribution >= 0.6 is 0 Å². The average Bonchev–Trinajstić information content (AvgIpc) is 2.00. The molecular formula is C12H23NO2. The fraction of sp³-hybridized carbons (Fsp3) is 0.917. The molecule has 0 aliphatic carbocycles. The van der Waals surface area contributed by atoms with Gasteiger partial charge in [0.25, 0.3) is 0 Å². The molecular weight excluding hydrogens is 190 g/mol. The lowest BCUT2D eigenvalue weighted by Crippen LogP contribution is -2.51. The van der Waals surface area contributed by atoms with Gasteiger partial charge in [-0.1, -0.05) is 27.7 Å². The highest BCUT2D eigenvalue weighted by molar-refractivity contribution is 5.77. The third-order valence-electron chi connectivity index (χ3n) is 3.53. The van der Waals surface area contributed by atoms with Crippen molar-refractivity contribution in [3.8, 4) is 0 Å². The third-order valence-corrected chi connectivity index (χ3v) is 3.53. The van der Waals surface area contributed by atoms with E-state index in [1.165, 1.54) is 0 Å². The summed E-state index contributed by atoms with van der Waals surface area (Å²) in [7, 11) is 0. The van der Waals surface area contributed by atoms with Gasteiger partial charge in [-0.2, -0.15) is 0 Å². The van der Waals surface area contributed by atoms with Crippen LogP contribution in [0.3, 0.4) is 0 Å². The molecule has 0 aromatic rings. The molecule has 1 N–H and O–H groups in total. The van der Waals surface area contributed by atoms with Crippen LogP contribution in [0, 0.1) is 17.3 Å². The normalized spacial score (nSPS) is 19.9. The number of carbonyl (C=O) groups is 1. The number of hydrogen-bond donors (Lipinski definition) is 1. The van der Waals surface area contributed by atoms with Crippen LogP contribution in [0.25, 0.3) is 0 Å². The zero-order valence-electron chi connectivity index (χ0n) is 10.3. The predicted molar refractivity (Wildman–Crippen MR) is 60.4 cm³/mol. The Morgan fingerprint density at radius 2 is 2.00 bits per heavy atom. The summed E-state index contributed by atoms with van der Waals surface area (Å²) in [5.41, 5.74) is 0.191. The zero-order valence-corrected chi connectivity index (χ0v) is 10.3. The van der Waals surface area contributed by atoms with E-state index in [-0.39, 0.29) is 17.9 Å². The lowest BCUT2D eigenvalue weighted by atomic mass is 9.79. The summed E-state index contributed by atoms with van der Waals surface area (Å²) < 4.78 is 0. The van der Waals surface area contributed by atoms with E-state index in [1.54, 1.807) is 0 Å². The van der Waals surface area contributed by atoms with Gasteiger partial charge in [0, 0.05) is 32.0 Å². The van der Waals surface area contributed by atoms with E-state index < -0.39 is 0 Å². The minimum Gasteiger partial charge on any atom is -0.396 e. The van der Waals surface area contributed by atoms with Crippen LogP contribution in [-0.2, 0) is 4.79 Å². The summed E-state index contributed by atoms with van der Waals surface area (Å²) >= 11 is 0. The van der Waals surface area contributed by atoms with Gasteiger partial charge in [-0.25, -0.2) is 0 Å². The Bertz CT molecular complexity index is 226. The van der Waals surface area contributed by atoms with Gasteiger partial charge < -0.3 is 10.0 Å². The lowest BCUT2D eigenvalue weighted by Gasteiger charge is -2.39. The van der Waals surface area contributed by atoms with Gasteiger partial charge >= 0.3 is 0 Å². The fourth-order valence-electron chi connectivity index (χ4n) is 1.59. The number of hydrogen-bond acceptors (Lipinski definition) is 2. The van der Waals surface area contributed by atoms with E-state index in [0.717, 1.165) is 13.1 Å². The minimum atomic E-state index is 0.191. The van der Waals surface area contributed by atoms with E-state index in [0.29, 0.717) is 18.3 Å². The minimum absolute atomic E-state index is 0.191. The molecule has 1 aliphatic heterocycles. The molecule has 1 saturated heterocycles. The molecule has 15 heavy (non-hydrogen) atoms. The van der Waals surface area contributed by atoms with Gasteiger partial charge in [-0.3, -0.25) is 4.79 Å². The van der Waals surface area contributed by atoms with Crippen molar-refractivity contribution in [2.45, 2.75) is 34.1 Å². The Balaban J connectivity index is 2.32. The smallest absolute Gasteiger partial charge is 0.222 e. The predicted octanol–water partition coefficient (Wildman–Crippen LogP) is 1.51. The first kappa shape index (κ1) is 12.5. The van der Waals surface area contributed by atoms with Crippen molar-refractivity contribution in [3.05, 3.63) is 0 Å². The topological polar surface area (TPSA) is 40.5 Å². The summed E-state index contributed by atoms with van der Waals surface area (Å²) in [6, 6.07) is 0. The van der Waals surface area contributed by atoms with Crippen molar-refractivity contribution in [2.24, 2.45) is 17.3 Å². The van der Waals surface area contributed by atoms with E-state index in [4.69, 9.17) is 5.11 Å². The van der Waals surface area contributed by atoms with E-state index in [9.17, 15) is 4.79 Å². The summed E-state index contributed by atoms with van der Waals surface area (Å²) in [4.78, 5) is 13.6. The molecule has 88 valence electrons. The molecule has 1 atom stereocenters. The standard InChI is InChI=1S/C12H23NO2/c1-9(12(2,3)4)5-11(15)13-6-10(7-13)8-14/h9-10,14H,5-8H2,1-4H3. The van der Waals surface area contributed by atoms with Crippen molar-refractivity contribution in [2.75, 3.05) is 19.7 Å². The molecule has 3 nitrogen and oxygen atoms in total. The lowest BCUT2D eigenvalue weighted by molar-refractivity contribution is -0.140. The largest absolute Gasteiger partial charge is 0.396 e. The highest BCUT2D eigenvalue weighted by atomic mass is 16.3. The quantitative estimate of drug-likeness (QED) is 0.772. The molecule has 3 heteroatoms. The highest BCUT2D eigenvalue weighted by Crippen LogP contribution is 2.29. The molecule has 0 aromatic heterocycles. The first-order chi connectivity index (χ1) is 6.84. The summed E-state index contributed by atoms with van der Waals surface area (Å²) in [5, 5.41) is 8.86. The van der Waals surface area contributed by atoms with Crippen LogP contribution in [-0.4, -0.2) is 35.6 Å². The third kappa shape index (κ3) is 3.20. The number of nitrogens with zero attached hydrogens (tertiary/aromatic N) is 1. The van der Waals surface area contributed by atoms with Gasteiger partial charge in [0.15, 0.2) is 0 Å². The van der Waals surface area contributed by atoms with Gasteiger partial charge in [0.05, 0.1) is 0 Å². The number of carbonyl (C=O) groups excluding carboxylic acids is 1. The maximum absolute atomic E-state index is 11.8.